The van der Waals surface area contributed by atoms with Crippen LogP contribution in [0.2, 0.25) is 0 Å². The minimum atomic E-state index is -0.978. The van der Waals surface area contributed by atoms with Crippen molar-refractivity contribution in [3.63, 3.8) is 0 Å². The molecule has 11 N–H and O–H groups in total. The van der Waals surface area contributed by atoms with Gasteiger partial charge in [0.1, 0.15) is 16.7 Å². The molecule has 2 amide bonds. The minimum Gasteiger partial charge on any atom is -0.478 e. The molecule has 1 aliphatic carbocycles. The molecule has 8 heterocycles. The molecule has 1 unspecified atom stereocenters. The summed E-state index contributed by atoms with van der Waals surface area (Å²) in [6.07, 6.45) is 9.85. The topological polar surface area (TPSA) is 379 Å². The summed E-state index contributed by atoms with van der Waals surface area (Å²) in [7, 11) is 0. The Morgan fingerprint density at radius 2 is 1.13 bits per heavy atom. The molecular formula is C59H48I2N12O10-2. The summed E-state index contributed by atoms with van der Waals surface area (Å²) in [6, 6.07) is 25.5. The number of aromatic amines is 5. The Hall–Kier alpha value is -10.1. The quantitative estimate of drug-likeness (QED) is 0.0641. The van der Waals surface area contributed by atoms with Gasteiger partial charge in [0.2, 0.25) is 0 Å². The molecule has 0 fully saturated rings. The maximum absolute atomic E-state index is 12.5. The van der Waals surface area contributed by atoms with Crippen LogP contribution in [-0.2, 0) is 9.59 Å². The number of fused-ring (bicyclic) bond motifs is 9. The maximum atomic E-state index is 12.5. The Morgan fingerprint density at radius 3 is 1.57 bits per heavy atom. The average Bonchev–Trinajstić information content (AvgIpc) is 3.07. The van der Waals surface area contributed by atoms with E-state index >= 15 is 0 Å². The fourth-order valence-electron chi connectivity index (χ4n) is 9.14. The molecule has 22 nitrogen and oxygen atoms in total. The Morgan fingerprint density at radius 1 is 0.663 bits per heavy atom. The van der Waals surface area contributed by atoms with Gasteiger partial charge in [-0.15, -0.1) is 0 Å². The number of carbonyl (C=O) groups excluding carboxylic acids is 4. The average molecular weight is 1340 g/mol. The molecule has 3 aromatic carbocycles. The molecule has 24 heteroatoms. The molecule has 12 rings (SSSR count). The van der Waals surface area contributed by atoms with E-state index in [1.54, 1.807) is 110 Å². The number of anilines is 2. The van der Waals surface area contributed by atoms with Crippen molar-refractivity contribution in [3.05, 3.63) is 194 Å². The van der Waals surface area contributed by atoms with Crippen LogP contribution in [0.15, 0.2) is 144 Å². The number of nitriles is 2. The molecule has 0 radical (unpaired) electrons. The molecule has 0 bridgehead atoms. The number of aromatic nitrogens is 7. The van der Waals surface area contributed by atoms with Crippen molar-refractivity contribution >= 4 is 101 Å². The van der Waals surface area contributed by atoms with Gasteiger partial charge >= 0.3 is 126 Å². The van der Waals surface area contributed by atoms with Crippen molar-refractivity contribution in [2.45, 2.75) is 26.7 Å². The molecule has 83 heavy (non-hydrogen) atoms. The number of nitrogen functional groups attached to an aromatic ring is 1. The van der Waals surface area contributed by atoms with Gasteiger partial charge in [-0.2, -0.15) is 0 Å². The minimum absolute atomic E-state index is 0.129. The molecule has 2 aliphatic rings. The van der Waals surface area contributed by atoms with Crippen molar-refractivity contribution < 1.29 is 81.4 Å². The van der Waals surface area contributed by atoms with Crippen LogP contribution in [0.25, 0.3) is 54.5 Å². The first-order valence-electron chi connectivity index (χ1n) is 24.7. The van der Waals surface area contributed by atoms with E-state index < -0.39 is 65.9 Å². The molecule has 7 aromatic heterocycles. The van der Waals surface area contributed by atoms with Crippen molar-refractivity contribution in [1.82, 2.24) is 40.2 Å². The number of allylic oxidation sites excluding steroid dienone is 4. The number of aromatic carboxylic acids is 2. The van der Waals surface area contributed by atoms with E-state index in [4.69, 9.17) is 26.5 Å². The first-order chi connectivity index (χ1) is 39.8. The summed E-state index contributed by atoms with van der Waals surface area (Å²) in [5.41, 5.74) is 13.4. The Bertz CT molecular complexity index is 4520. The summed E-state index contributed by atoms with van der Waals surface area (Å²) in [5, 5.41) is 45.3. The SMILES string of the molecule is CC1CNC(=O)c2[nH]c3ccc(C(=O)O)cc3c21.C[I-]C1=C([I-]C)C(=O)C(C#N)=C(C#N)C1=O.Cc1c[nH]c(=O)c2[nH]c3ccc(C(=O)Nc4cccnc4)cc3c12.Cc1c[nH]c(=O)c2[nH]c3ccc(C(=O)O)cc3c12.Nc1cccnc1. The van der Waals surface area contributed by atoms with E-state index in [2.05, 4.69) is 45.5 Å². The number of hydrogen-bond acceptors (Lipinski definition) is 13. The summed E-state index contributed by atoms with van der Waals surface area (Å²) < 4.78 is 1.05. The molecule has 0 spiro atoms. The summed E-state index contributed by atoms with van der Waals surface area (Å²) in [5.74, 6) is -2.90. The summed E-state index contributed by atoms with van der Waals surface area (Å²) in [4.78, 5) is 120. The van der Waals surface area contributed by atoms with E-state index in [0.717, 1.165) is 60.2 Å². The predicted molar refractivity (Wildman–Crippen MR) is 303 cm³/mol. The zero-order chi connectivity index (χ0) is 59.8. The Balaban J connectivity index is 0.000000140. The molecule has 1 atom stereocenters. The van der Waals surface area contributed by atoms with Gasteiger partial charge in [-0.3, -0.25) is 29.1 Å². The number of alkyl halides is 2. The van der Waals surface area contributed by atoms with Crippen LogP contribution in [0, 0.1) is 36.5 Å². The predicted octanol–water partition coefficient (Wildman–Crippen LogP) is 1.49. The first-order valence-corrected chi connectivity index (χ1v) is 31.2. The van der Waals surface area contributed by atoms with Gasteiger partial charge in [-0.1, -0.05) is 6.92 Å². The van der Waals surface area contributed by atoms with Crippen molar-refractivity contribution in [2.24, 2.45) is 0 Å². The number of amides is 2. The van der Waals surface area contributed by atoms with Gasteiger partial charge in [0.05, 0.1) is 28.7 Å². The second-order valence-electron chi connectivity index (χ2n) is 18.4. The standard InChI is InChI=1S/C18H14N4O2.C13H12N2O3.C13H10N2O3.C10H6I2N2O2.C5H6N2/c1-10-8-20-18(24)16-15(10)13-7-11(4-5-14(13)22-16)17(23)21-12-3-2-6-19-9-12;2*1-6-5-14-12(16)11-10(6)8-4-7(13(17)18)2-3-9(8)15-11;1-11-7-8(12-2)10(16)6(4-14)5(3-13)9(7)15;6-5-2-1-3-7-4-5/h2-9,22H,1H3,(H,20,24)(H,21,23);2-4,6,15H,5H2,1H3,(H,14,16)(H,17,18);2-5,15H,1H3,(H,14,16)(H,17,18);1-2H3;1-4H,6H2/q;;;-2;. The Labute approximate surface area is 490 Å². The van der Waals surface area contributed by atoms with E-state index in [1.165, 1.54) is 12.1 Å². The van der Waals surface area contributed by atoms with Crippen LogP contribution in [0.4, 0.5) is 11.4 Å². The van der Waals surface area contributed by atoms with Crippen LogP contribution in [0.3, 0.4) is 0 Å². The molecule has 1 aliphatic heterocycles. The number of benzene rings is 3. The number of Topliss-reactive ketones (excluding diaryl/α,β-unsaturated/α-hetero) is 2. The van der Waals surface area contributed by atoms with Crippen molar-refractivity contribution in [1.29, 1.82) is 10.5 Å². The number of nitrogens with one attached hydrogen (secondary N) is 7. The van der Waals surface area contributed by atoms with Crippen molar-refractivity contribution in [2.75, 3.05) is 27.5 Å². The number of nitrogens with zero attached hydrogens (tertiary/aromatic N) is 4. The van der Waals surface area contributed by atoms with Crippen molar-refractivity contribution in [3.8, 4) is 12.1 Å². The number of pyridine rings is 4. The van der Waals surface area contributed by atoms with E-state index in [0.29, 0.717) is 47.4 Å². The number of rotatable bonds is 6. The maximum Gasteiger partial charge on any atom is 0.335 e. The number of nitrogens with two attached hydrogens (primary N) is 1. The van der Waals surface area contributed by atoms with Gasteiger partial charge in [-0.25, -0.2) is 9.59 Å². The zero-order valence-electron chi connectivity index (χ0n) is 44.5. The van der Waals surface area contributed by atoms with Crippen LogP contribution < -0.4 is 69.9 Å². The molecule has 420 valence electrons. The van der Waals surface area contributed by atoms with Gasteiger partial charge < -0.3 is 51.5 Å². The normalized spacial score (nSPS) is 13.6. The van der Waals surface area contributed by atoms with Gasteiger partial charge in [0, 0.05) is 92.5 Å². The second-order valence-corrected chi connectivity index (χ2v) is 22.7. The molecule has 0 saturated carbocycles. The molecule has 10 aromatic rings. The van der Waals surface area contributed by atoms with E-state index in [-0.39, 0.29) is 51.1 Å². The van der Waals surface area contributed by atoms with Crippen LogP contribution in [0.1, 0.15) is 71.1 Å². The fourth-order valence-corrected chi connectivity index (χ4v) is 14.8. The zero-order valence-corrected chi connectivity index (χ0v) is 48.9. The number of hydrogen-bond donors (Lipinski definition) is 10. The molecular weight excluding hydrogens is 1290 g/mol. The third-order valence-electron chi connectivity index (χ3n) is 13.1. The largest absolute Gasteiger partial charge is 0.478 e. The van der Waals surface area contributed by atoms with E-state index in [1.807, 2.05) is 36.7 Å². The summed E-state index contributed by atoms with van der Waals surface area (Å²) >= 11 is -1.09. The molecule has 0 saturated heterocycles. The number of H-pyrrole nitrogens is 5. The van der Waals surface area contributed by atoms with E-state index in [9.17, 15) is 38.4 Å². The number of carboxylic acid groups (broad SMARTS) is 2. The number of halogens is 2. The van der Waals surface area contributed by atoms with Gasteiger partial charge in [0.15, 0.2) is 0 Å². The van der Waals surface area contributed by atoms with Gasteiger partial charge in [-0.05, 0) is 109 Å². The van der Waals surface area contributed by atoms with Gasteiger partial charge in [0.25, 0.3) is 22.9 Å². The number of ketones is 2. The number of aryl methyl sites for hydroxylation is 2. The van der Waals surface area contributed by atoms with Crippen LogP contribution in [0.5, 0.6) is 0 Å². The Kier molecular flexibility index (Phi) is 18.2. The smallest absolute Gasteiger partial charge is 0.335 e. The monoisotopic (exact) mass is 1340 g/mol. The van der Waals surface area contributed by atoms with Crippen LogP contribution >= 0.6 is 0 Å². The summed E-state index contributed by atoms with van der Waals surface area (Å²) in [6.45, 7) is 6.39. The second kappa shape index (κ2) is 25.6. The first kappa shape index (κ1) is 59.1. The third kappa shape index (κ3) is 12.5. The third-order valence-corrected chi connectivity index (χ3v) is 18.3. The number of carbonyl (C=O) groups is 6. The number of carboxylic acids is 2. The fraction of sp³-hybridized carbons (Fsp3) is 0.119. The van der Waals surface area contributed by atoms with Crippen LogP contribution in [-0.4, -0.2) is 96.8 Å².